The number of carbonyl (C=O) groups excluding carboxylic acids is 3. The van der Waals surface area contributed by atoms with Crippen molar-refractivity contribution in [3.63, 3.8) is 0 Å². The SMILES string of the molecule is O=C(CCC(=O)N1CCCCC1)OC1c2ccccc2C(=O)N1c1ccc2ccc(Cl)nc2n1. The number of aromatic nitrogens is 2. The Morgan fingerprint density at radius 2 is 1.74 bits per heavy atom. The molecule has 4 heterocycles. The van der Waals surface area contributed by atoms with Crippen LogP contribution >= 0.6 is 11.6 Å². The highest BCUT2D eigenvalue weighted by molar-refractivity contribution is 6.29. The molecule has 34 heavy (non-hydrogen) atoms. The molecule has 1 unspecified atom stereocenters. The third-order valence-electron chi connectivity index (χ3n) is 6.16. The molecule has 0 saturated carbocycles. The quantitative estimate of drug-likeness (QED) is 0.401. The van der Waals surface area contributed by atoms with E-state index in [1.165, 1.54) is 4.90 Å². The highest BCUT2D eigenvalue weighted by atomic mass is 35.5. The van der Waals surface area contributed by atoms with E-state index in [4.69, 9.17) is 16.3 Å². The molecule has 3 aromatic rings. The van der Waals surface area contributed by atoms with Gasteiger partial charge in [0.05, 0.1) is 6.42 Å². The van der Waals surface area contributed by atoms with E-state index < -0.39 is 12.2 Å². The van der Waals surface area contributed by atoms with E-state index in [9.17, 15) is 14.4 Å². The number of benzene rings is 1. The first-order valence-corrected chi connectivity index (χ1v) is 11.7. The molecule has 174 valence electrons. The number of nitrogens with zero attached hydrogens (tertiary/aromatic N) is 4. The zero-order valence-electron chi connectivity index (χ0n) is 18.4. The molecule has 0 radical (unpaired) electrons. The van der Waals surface area contributed by atoms with Crippen LogP contribution in [0.1, 0.15) is 54.3 Å². The number of hydrogen-bond acceptors (Lipinski definition) is 6. The van der Waals surface area contributed by atoms with E-state index in [2.05, 4.69) is 9.97 Å². The summed E-state index contributed by atoms with van der Waals surface area (Å²) in [6.45, 7) is 1.47. The van der Waals surface area contributed by atoms with Gasteiger partial charge >= 0.3 is 5.97 Å². The summed E-state index contributed by atoms with van der Waals surface area (Å²) in [5.41, 5.74) is 1.39. The number of pyridine rings is 2. The molecule has 0 bridgehead atoms. The summed E-state index contributed by atoms with van der Waals surface area (Å²) >= 11 is 6.01. The molecular formula is C25H23ClN4O4. The second-order valence-corrected chi connectivity index (χ2v) is 8.78. The van der Waals surface area contributed by atoms with Crippen LogP contribution in [0.4, 0.5) is 5.82 Å². The lowest BCUT2D eigenvalue weighted by molar-refractivity contribution is -0.151. The molecule has 1 saturated heterocycles. The van der Waals surface area contributed by atoms with Gasteiger partial charge < -0.3 is 9.64 Å². The summed E-state index contributed by atoms with van der Waals surface area (Å²) in [7, 11) is 0. The molecule has 2 aromatic heterocycles. The second kappa shape index (κ2) is 9.38. The Kier molecular flexibility index (Phi) is 6.15. The van der Waals surface area contributed by atoms with E-state index in [0.717, 1.165) is 37.7 Å². The fraction of sp³-hybridized carbons (Fsp3) is 0.320. The number of anilines is 1. The monoisotopic (exact) mass is 478 g/mol. The van der Waals surface area contributed by atoms with Crippen molar-refractivity contribution in [2.24, 2.45) is 0 Å². The van der Waals surface area contributed by atoms with Gasteiger partial charge in [-0.05, 0) is 49.6 Å². The van der Waals surface area contributed by atoms with Gasteiger partial charge in [-0.25, -0.2) is 9.97 Å². The van der Waals surface area contributed by atoms with Crippen molar-refractivity contribution < 1.29 is 19.1 Å². The average molecular weight is 479 g/mol. The number of piperidine rings is 1. The third-order valence-corrected chi connectivity index (χ3v) is 6.37. The minimum Gasteiger partial charge on any atom is -0.437 e. The molecular weight excluding hydrogens is 456 g/mol. The number of likely N-dealkylation sites (tertiary alicyclic amines) is 1. The van der Waals surface area contributed by atoms with Crippen LogP contribution in [0.5, 0.6) is 0 Å². The Morgan fingerprint density at radius 1 is 0.971 bits per heavy atom. The molecule has 2 aliphatic heterocycles. The van der Waals surface area contributed by atoms with E-state index in [0.29, 0.717) is 22.6 Å². The van der Waals surface area contributed by atoms with Crippen LogP contribution in [0.25, 0.3) is 11.0 Å². The number of carbonyl (C=O) groups is 3. The van der Waals surface area contributed by atoms with Crippen molar-refractivity contribution in [1.29, 1.82) is 0 Å². The normalized spacial score (nSPS) is 17.7. The molecule has 2 aliphatic rings. The molecule has 1 aromatic carbocycles. The van der Waals surface area contributed by atoms with Gasteiger partial charge in [-0.15, -0.1) is 0 Å². The maximum absolute atomic E-state index is 13.3. The Hall–Kier alpha value is -3.52. The van der Waals surface area contributed by atoms with Crippen LogP contribution in [-0.2, 0) is 14.3 Å². The smallest absolute Gasteiger partial charge is 0.308 e. The number of halogens is 1. The summed E-state index contributed by atoms with van der Waals surface area (Å²) in [4.78, 5) is 50.3. The second-order valence-electron chi connectivity index (χ2n) is 8.40. The fourth-order valence-corrected chi connectivity index (χ4v) is 4.56. The average Bonchev–Trinajstić information content (AvgIpc) is 3.14. The highest BCUT2D eigenvalue weighted by Gasteiger charge is 2.41. The lowest BCUT2D eigenvalue weighted by Gasteiger charge is -2.27. The van der Waals surface area contributed by atoms with Gasteiger partial charge in [0.2, 0.25) is 12.1 Å². The van der Waals surface area contributed by atoms with Crippen LogP contribution in [0.15, 0.2) is 48.5 Å². The topological polar surface area (TPSA) is 92.7 Å². The minimum atomic E-state index is -0.981. The first-order chi connectivity index (χ1) is 16.5. The van der Waals surface area contributed by atoms with E-state index in [-0.39, 0.29) is 29.8 Å². The number of hydrogen-bond donors (Lipinski definition) is 0. The van der Waals surface area contributed by atoms with Gasteiger partial charge in [0.15, 0.2) is 5.65 Å². The Labute approximate surface area is 201 Å². The van der Waals surface area contributed by atoms with Crippen molar-refractivity contribution in [2.75, 3.05) is 18.0 Å². The maximum Gasteiger partial charge on any atom is 0.308 e. The van der Waals surface area contributed by atoms with Crippen LogP contribution in [0, 0.1) is 0 Å². The van der Waals surface area contributed by atoms with Gasteiger partial charge in [0, 0.05) is 36.0 Å². The number of esters is 1. The maximum atomic E-state index is 13.3. The van der Waals surface area contributed by atoms with Crippen molar-refractivity contribution in [3.05, 3.63) is 64.8 Å². The molecule has 9 heteroatoms. The summed E-state index contributed by atoms with van der Waals surface area (Å²) in [6, 6.07) is 13.9. The minimum absolute atomic E-state index is 0.0458. The lowest BCUT2D eigenvalue weighted by atomic mass is 10.1. The highest BCUT2D eigenvalue weighted by Crippen LogP contribution is 2.38. The van der Waals surface area contributed by atoms with Gasteiger partial charge in [-0.3, -0.25) is 19.3 Å². The largest absolute Gasteiger partial charge is 0.437 e. The van der Waals surface area contributed by atoms with Crippen molar-refractivity contribution in [2.45, 2.75) is 38.3 Å². The zero-order chi connectivity index (χ0) is 23.7. The van der Waals surface area contributed by atoms with Crippen LogP contribution < -0.4 is 4.90 Å². The van der Waals surface area contributed by atoms with Crippen LogP contribution in [-0.4, -0.2) is 45.7 Å². The van der Waals surface area contributed by atoms with Gasteiger partial charge in [0.1, 0.15) is 11.0 Å². The van der Waals surface area contributed by atoms with Crippen molar-refractivity contribution >= 4 is 46.2 Å². The van der Waals surface area contributed by atoms with E-state index in [1.807, 2.05) is 0 Å². The molecule has 0 aliphatic carbocycles. The van der Waals surface area contributed by atoms with Crippen LogP contribution in [0.2, 0.25) is 5.15 Å². The third kappa shape index (κ3) is 4.33. The van der Waals surface area contributed by atoms with Crippen molar-refractivity contribution in [3.8, 4) is 0 Å². The van der Waals surface area contributed by atoms with E-state index in [1.54, 1.807) is 53.4 Å². The van der Waals surface area contributed by atoms with Gasteiger partial charge in [0.25, 0.3) is 5.91 Å². The van der Waals surface area contributed by atoms with Crippen LogP contribution in [0.3, 0.4) is 0 Å². The molecule has 1 fully saturated rings. The summed E-state index contributed by atoms with van der Waals surface area (Å²) in [5.74, 6) is -0.625. The first-order valence-electron chi connectivity index (χ1n) is 11.3. The predicted octanol–water partition coefficient (Wildman–Crippen LogP) is 4.28. The summed E-state index contributed by atoms with van der Waals surface area (Å²) in [6.07, 6.45) is 2.15. The Morgan fingerprint density at radius 3 is 2.56 bits per heavy atom. The lowest BCUT2D eigenvalue weighted by Crippen LogP contribution is -2.36. The molecule has 8 nitrogen and oxygen atoms in total. The van der Waals surface area contributed by atoms with E-state index >= 15 is 0 Å². The van der Waals surface area contributed by atoms with Gasteiger partial charge in [-0.2, -0.15) is 0 Å². The molecule has 2 amide bonds. The number of amides is 2. The Balaban J connectivity index is 1.38. The summed E-state index contributed by atoms with van der Waals surface area (Å²) < 4.78 is 5.76. The molecule has 0 spiro atoms. The molecule has 5 rings (SSSR count). The first kappa shape index (κ1) is 22.3. The summed E-state index contributed by atoms with van der Waals surface area (Å²) in [5, 5.41) is 1.05. The zero-order valence-corrected chi connectivity index (χ0v) is 19.2. The molecule has 1 atom stereocenters. The van der Waals surface area contributed by atoms with Gasteiger partial charge in [-0.1, -0.05) is 29.8 Å². The number of fused-ring (bicyclic) bond motifs is 2. The standard InChI is InChI=1S/C25H23ClN4O4/c26-19-10-8-16-9-11-20(28-23(16)27-19)30-24(33)17-6-2-3-7-18(17)25(30)34-22(32)13-12-21(31)29-14-4-1-5-15-29/h2-3,6-11,25H,1,4-5,12-15H2. The fourth-order valence-electron chi connectivity index (χ4n) is 4.42. The Bertz CT molecular complexity index is 1270. The van der Waals surface area contributed by atoms with Crippen molar-refractivity contribution in [1.82, 2.24) is 14.9 Å². The predicted molar refractivity (Wildman–Crippen MR) is 126 cm³/mol. The number of ether oxygens (including phenoxy) is 1. The number of rotatable bonds is 5. The molecule has 0 N–H and O–H groups in total.